The summed E-state index contributed by atoms with van der Waals surface area (Å²) in [6.07, 6.45) is 13.4. The summed E-state index contributed by atoms with van der Waals surface area (Å²) in [6.45, 7) is 4.34. The Balaban J connectivity index is 0. The fraction of sp³-hybridized carbons (Fsp3) is 1.00. The molecule has 0 aromatic carbocycles. The van der Waals surface area contributed by atoms with Gasteiger partial charge in [0.05, 0.1) is 0 Å². The molecular formula is C16H33CoO3P. The van der Waals surface area contributed by atoms with Crippen LogP contribution in [0.2, 0.25) is 0 Å². The number of rotatable bonds is 14. The molecule has 0 heterocycles. The van der Waals surface area contributed by atoms with Crippen LogP contribution in [-0.2, 0) is 21.3 Å². The van der Waals surface area contributed by atoms with Crippen molar-refractivity contribution in [2.24, 2.45) is 0 Å². The van der Waals surface area contributed by atoms with Gasteiger partial charge in [0.1, 0.15) is 0 Å². The molecule has 0 aliphatic heterocycles. The fourth-order valence-corrected chi connectivity index (χ4v) is 3.60. The zero-order valence-corrected chi connectivity index (χ0v) is 15.7. The standard InChI is InChI=1S/C16H35O3P.Co/c1-3-5-7-9-11-13-15-16(20(17,18)19)14-12-10-8-6-4-2;/h16H,3-15H2,1-2H3,(H2,17,18,19);/q;+2/p-2. The zero-order valence-electron chi connectivity index (χ0n) is 13.8. The van der Waals surface area contributed by atoms with Crippen LogP contribution < -0.4 is 9.79 Å². The average Bonchev–Trinajstić information content (AvgIpc) is 2.38. The zero-order chi connectivity index (χ0) is 15.3. The van der Waals surface area contributed by atoms with Gasteiger partial charge in [-0.1, -0.05) is 92.1 Å². The predicted octanol–water partition coefficient (Wildman–Crippen LogP) is 4.38. The first-order valence-corrected chi connectivity index (χ1v) is 10.1. The summed E-state index contributed by atoms with van der Waals surface area (Å²) >= 11 is 0. The van der Waals surface area contributed by atoms with Gasteiger partial charge in [0.25, 0.3) is 0 Å². The summed E-state index contributed by atoms with van der Waals surface area (Å²) in [5.74, 6) is 0. The average molecular weight is 363 g/mol. The van der Waals surface area contributed by atoms with Crippen LogP contribution in [0.25, 0.3) is 0 Å². The van der Waals surface area contributed by atoms with E-state index in [0.717, 1.165) is 32.1 Å². The third-order valence-electron chi connectivity index (χ3n) is 3.98. The molecule has 1 unspecified atom stereocenters. The number of unbranched alkanes of at least 4 members (excludes halogenated alkanes) is 9. The Labute approximate surface area is 142 Å². The van der Waals surface area contributed by atoms with Crippen LogP contribution in [0.5, 0.6) is 0 Å². The second kappa shape index (κ2) is 15.5. The molecule has 0 bridgehead atoms. The van der Waals surface area contributed by atoms with Gasteiger partial charge in [-0.3, -0.25) is 0 Å². The molecule has 129 valence electrons. The molecule has 1 atom stereocenters. The van der Waals surface area contributed by atoms with Crippen molar-refractivity contribution in [3.63, 3.8) is 0 Å². The molecule has 3 nitrogen and oxygen atoms in total. The van der Waals surface area contributed by atoms with E-state index < -0.39 is 13.3 Å². The number of hydrogen-bond acceptors (Lipinski definition) is 3. The molecule has 0 N–H and O–H groups in total. The van der Waals surface area contributed by atoms with Crippen LogP contribution in [0.4, 0.5) is 0 Å². The maximum atomic E-state index is 11.3. The quantitative estimate of drug-likeness (QED) is 0.340. The molecular weight excluding hydrogens is 330 g/mol. The Bertz CT molecular complexity index is 256. The fourth-order valence-electron chi connectivity index (χ4n) is 2.60. The van der Waals surface area contributed by atoms with Crippen LogP contribution in [0.1, 0.15) is 97.3 Å². The minimum atomic E-state index is -4.39. The summed E-state index contributed by atoms with van der Waals surface area (Å²) in [7, 11) is -4.39. The Morgan fingerprint density at radius 2 is 1.05 bits per heavy atom. The molecule has 0 aliphatic rings. The van der Waals surface area contributed by atoms with E-state index in [9.17, 15) is 14.4 Å². The summed E-state index contributed by atoms with van der Waals surface area (Å²) in [6, 6.07) is 0. The van der Waals surface area contributed by atoms with Gasteiger partial charge in [-0.2, -0.15) is 0 Å². The van der Waals surface area contributed by atoms with Crippen molar-refractivity contribution in [2.75, 3.05) is 0 Å². The predicted molar refractivity (Wildman–Crippen MR) is 82.8 cm³/mol. The van der Waals surface area contributed by atoms with E-state index >= 15 is 0 Å². The first kappa shape index (κ1) is 23.9. The van der Waals surface area contributed by atoms with Crippen LogP contribution >= 0.6 is 7.60 Å². The second-order valence-electron chi connectivity index (χ2n) is 5.95. The topological polar surface area (TPSA) is 63.2 Å². The molecule has 0 spiro atoms. The van der Waals surface area contributed by atoms with Gasteiger partial charge < -0.3 is 14.4 Å². The van der Waals surface area contributed by atoms with Crippen molar-refractivity contribution < 1.29 is 31.1 Å². The van der Waals surface area contributed by atoms with Crippen LogP contribution in [0.3, 0.4) is 0 Å². The van der Waals surface area contributed by atoms with Gasteiger partial charge in [0.2, 0.25) is 0 Å². The number of hydrogen-bond donors (Lipinski definition) is 0. The van der Waals surface area contributed by atoms with E-state index in [0.29, 0.717) is 12.8 Å². The van der Waals surface area contributed by atoms with Crippen molar-refractivity contribution in [3.8, 4) is 0 Å². The van der Waals surface area contributed by atoms with Crippen molar-refractivity contribution in [1.82, 2.24) is 0 Å². The Morgan fingerprint density at radius 3 is 1.38 bits per heavy atom. The maximum Gasteiger partial charge on any atom is 2.00 e. The van der Waals surface area contributed by atoms with E-state index in [4.69, 9.17) is 0 Å². The van der Waals surface area contributed by atoms with Crippen molar-refractivity contribution >= 4 is 7.60 Å². The van der Waals surface area contributed by atoms with Gasteiger partial charge in [-0.25, -0.2) is 0 Å². The first-order chi connectivity index (χ1) is 9.52. The van der Waals surface area contributed by atoms with Gasteiger partial charge in [0.15, 0.2) is 0 Å². The van der Waals surface area contributed by atoms with E-state index in [1.807, 2.05) is 0 Å². The minimum Gasteiger partial charge on any atom is -0.811 e. The van der Waals surface area contributed by atoms with E-state index in [2.05, 4.69) is 13.8 Å². The summed E-state index contributed by atoms with van der Waals surface area (Å²) in [4.78, 5) is 22.6. The minimum absolute atomic E-state index is 0. The summed E-state index contributed by atoms with van der Waals surface area (Å²) in [5.41, 5.74) is -0.615. The molecule has 0 amide bonds. The smallest absolute Gasteiger partial charge is 0.811 e. The van der Waals surface area contributed by atoms with Gasteiger partial charge in [-0.05, 0) is 18.5 Å². The van der Waals surface area contributed by atoms with E-state index in [1.165, 1.54) is 38.5 Å². The van der Waals surface area contributed by atoms with Gasteiger partial charge >= 0.3 is 16.8 Å². The Morgan fingerprint density at radius 1 is 0.714 bits per heavy atom. The van der Waals surface area contributed by atoms with Crippen LogP contribution in [0.15, 0.2) is 0 Å². The van der Waals surface area contributed by atoms with Crippen LogP contribution in [-0.4, -0.2) is 5.66 Å². The van der Waals surface area contributed by atoms with Gasteiger partial charge in [0, 0.05) is 0 Å². The molecule has 0 aliphatic carbocycles. The van der Waals surface area contributed by atoms with E-state index in [1.54, 1.807) is 0 Å². The molecule has 0 fully saturated rings. The molecule has 0 aromatic heterocycles. The molecule has 1 radical (unpaired) electrons. The van der Waals surface area contributed by atoms with E-state index in [-0.39, 0.29) is 16.8 Å². The van der Waals surface area contributed by atoms with Crippen LogP contribution in [0, 0.1) is 0 Å². The molecule has 21 heavy (non-hydrogen) atoms. The summed E-state index contributed by atoms with van der Waals surface area (Å²) in [5, 5.41) is 0. The SMILES string of the molecule is CCCCCCCCC(CCCCCCC)P(=O)([O-])[O-].[Co+2]. The summed E-state index contributed by atoms with van der Waals surface area (Å²) < 4.78 is 11.3. The maximum absolute atomic E-state index is 11.3. The third-order valence-corrected chi connectivity index (χ3v) is 5.39. The van der Waals surface area contributed by atoms with Gasteiger partial charge in [-0.15, -0.1) is 0 Å². The Kier molecular flexibility index (Phi) is 17.7. The normalized spacial score (nSPS) is 13.0. The Hall–Kier alpha value is 0.656. The monoisotopic (exact) mass is 363 g/mol. The largest absolute Gasteiger partial charge is 2.00 e. The second-order valence-corrected chi connectivity index (χ2v) is 7.76. The molecule has 0 saturated heterocycles. The van der Waals surface area contributed by atoms with Crippen molar-refractivity contribution in [3.05, 3.63) is 0 Å². The van der Waals surface area contributed by atoms with Crippen molar-refractivity contribution in [2.45, 2.75) is 103 Å². The molecule has 0 aromatic rings. The molecule has 5 heteroatoms. The third kappa shape index (κ3) is 15.3. The first-order valence-electron chi connectivity index (χ1n) is 8.54. The molecule has 0 saturated carbocycles. The van der Waals surface area contributed by atoms with Crippen molar-refractivity contribution in [1.29, 1.82) is 0 Å². The molecule has 0 rings (SSSR count).